The standard InChI is InChI=1S/C25H23N5O3S/c31-23(28-15-10-12-26-14-15)22-21-20-19(11-13-27-24(20)34-22)30(25(32)29-21)16-6-8-18(9-7-16)33-17-4-2-1-3-5-17/h1-9,11,13,15,21-22,26H,10,12,14H2,(H,28,31)(H,29,32)/t15?,21?,22-/m0/s1. The highest BCUT2D eigenvalue weighted by atomic mass is 32.2. The predicted molar refractivity (Wildman–Crippen MR) is 130 cm³/mol. The number of pyridine rings is 1. The first kappa shape index (κ1) is 21.0. The monoisotopic (exact) mass is 473 g/mol. The molecule has 0 aliphatic carbocycles. The Morgan fingerprint density at radius 1 is 1.09 bits per heavy atom. The predicted octanol–water partition coefficient (Wildman–Crippen LogP) is 3.73. The number of nitrogens with zero attached hydrogens (tertiary/aromatic N) is 2. The molecule has 2 unspecified atom stereocenters. The lowest BCUT2D eigenvalue weighted by Crippen LogP contribution is -2.50. The van der Waals surface area contributed by atoms with Crippen molar-refractivity contribution in [2.45, 2.75) is 28.8 Å². The summed E-state index contributed by atoms with van der Waals surface area (Å²) in [6, 6.07) is 18.2. The van der Waals surface area contributed by atoms with Crippen LogP contribution < -0.4 is 25.6 Å². The molecule has 6 rings (SSSR count). The van der Waals surface area contributed by atoms with E-state index < -0.39 is 11.3 Å². The van der Waals surface area contributed by atoms with Crippen LogP contribution in [0.25, 0.3) is 0 Å². The molecule has 3 aliphatic rings. The van der Waals surface area contributed by atoms with E-state index in [0.717, 1.165) is 41.5 Å². The molecule has 3 aliphatic heterocycles. The van der Waals surface area contributed by atoms with Crippen LogP contribution in [0.4, 0.5) is 16.2 Å². The zero-order valence-electron chi connectivity index (χ0n) is 18.2. The number of hydrogen-bond donors (Lipinski definition) is 3. The first-order valence-electron chi connectivity index (χ1n) is 11.3. The lowest BCUT2D eigenvalue weighted by molar-refractivity contribution is -0.121. The van der Waals surface area contributed by atoms with Crippen molar-refractivity contribution in [2.24, 2.45) is 0 Å². The average molecular weight is 474 g/mol. The summed E-state index contributed by atoms with van der Waals surface area (Å²) in [7, 11) is 0. The molecule has 0 bridgehead atoms. The number of amides is 3. The fourth-order valence-electron chi connectivity index (χ4n) is 4.63. The number of benzene rings is 2. The molecule has 0 spiro atoms. The first-order valence-corrected chi connectivity index (χ1v) is 12.2. The molecule has 8 nitrogen and oxygen atoms in total. The van der Waals surface area contributed by atoms with E-state index in [2.05, 4.69) is 20.9 Å². The molecule has 172 valence electrons. The summed E-state index contributed by atoms with van der Waals surface area (Å²) in [5.74, 6) is 1.36. The number of rotatable bonds is 5. The molecule has 1 fully saturated rings. The molecule has 34 heavy (non-hydrogen) atoms. The van der Waals surface area contributed by atoms with E-state index in [1.165, 1.54) is 11.8 Å². The molecule has 0 radical (unpaired) electrons. The molecule has 3 aromatic rings. The highest BCUT2D eigenvalue weighted by Crippen LogP contribution is 2.50. The number of ether oxygens (including phenoxy) is 1. The third-order valence-electron chi connectivity index (χ3n) is 6.24. The Balaban J connectivity index is 1.26. The largest absolute Gasteiger partial charge is 0.457 e. The highest BCUT2D eigenvalue weighted by Gasteiger charge is 2.46. The number of thioether (sulfide) groups is 1. The first-order chi connectivity index (χ1) is 16.7. The van der Waals surface area contributed by atoms with Gasteiger partial charge in [0.05, 0.1) is 17.4 Å². The van der Waals surface area contributed by atoms with Gasteiger partial charge in [0, 0.05) is 24.3 Å². The van der Waals surface area contributed by atoms with Crippen LogP contribution in [0.1, 0.15) is 18.0 Å². The minimum absolute atomic E-state index is 0.0659. The summed E-state index contributed by atoms with van der Waals surface area (Å²) < 4.78 is 5.88. The van der Waals surface area contributed by atoms with E-state index in [-0.39, 0.29) is 18.0 Å². The van der Waals surface area contributed by atoms with Gasteiger partial charge >= 0.3 is 6.03 Å². The van der Waals surface area contributed by atoms with Crippen LogP contribution in [0.5, 0.6) is 11.5 Å². The Bertz CT molecular complexity index is 1230. The van der Waals surface area contributed by atoms with Crippen LogP contribution >= 0.6 is 11.8 Å². The fourth-order valence-corrected chi connectivity index (χ4v) is 5.87. The smallest absolute Gasteiger partial charge is 0.327 e. The number of urea groups is 1. The molecule has 0 saturated carbocycles. The van der Waals surface area contributed by atoms with Crippen molar-refractivity contribution in [3.8, 4) is 11.5 Å². The van der Waals surface area contributed by atoms with E-state index in [4.69, 9.17) is 4.74 Å². The second-order valence-electron chi connectivity index (χ2n) is 8.46. The Morgan fingerprint density at radius 2 is 1.88 bits per heavy atom. The molecule has 3 N–H and O–H groups in total. The molecule has 4 heterocycles. The van der Waals surface area contributed by atoms with Crippen molar-refractivity contribution in [2.75, 3.05) is 18.0 Å². The molecular formula is C25H23N5O3S. The van der Waals surface area contributed by atoms with Gasteiger partial charge in [-0.15, -0.1) is 0 Å². The van der Waals surface area contributed by atoms with Gasteiger partial charge in [-0.25, -0.2) is 9.78 Å². The van der Waals surface area contributed by atoms with E-state index in [0.29, 0.717) is 11.4 Å². The van der Waals surface area contributed by atoms with Crippen molar-refractivity contribution in [3.63, 3.8) is 0 Å². The van der Waals surface area contributed by atoms with Gasteiger partial charge in [-0.05, 0) is 55.4 Å². The molecule has 3 amide bonds. The molecule has 1 aromatic heterocycles. The maximum atomic E-state index is 13.3. The average Bonchev–Trinajstić information content (AvgIpc) is 3.49. The number of aromatic nitrogens is 1. The van der Waals surface area contributed by atoms with Crippen LogP contribution in [0, 0.1) is 0 Å². The van der Waals surface area contributed by atoms with Crippen molar-refractivity contribution >= 4 is 35.1 Å². The number of anilines is 2. The number of hydrogen-bond acceptors (Lipinski definition) is 6. The van der Waals surface area contributed by atoms with Gasteiger partial charge in [0.2, 0.25) is 5.91 Å². The third-order valence-corrected chi connectivity index (χ3v) is 7.53. The van der Waals surface area contributed by atoms with Gasteiger partial charge in [-0.1, -0.05) is 30.0 Å². The van der Waals surface area contributed by atoms with Gasteiger partial charge in [0.15, 0.2) is 0 Å². The molecule has 2 aromatic carbocycles. The number of para-hydroxylation sites is 1. The van der Waals surface area contributed by atoms with Gasteiger partial charge in [-0.2, -0.15) is 0 Å². The summed E-state index contributed by atoms with van der Waals surface area (Å²) in [5.41, 5.74) is 2.35. The van der Waals surface area contributed by atoms with Crippen molar-refractivity contribution in [1.82, 2.24) is 20.9 Å². The number of carbonyl (C=O) groups excluding carboxylic acids is 2. The normalized spacial score (nSPS) is 22.8. The van der Waals surface area contributed by atoms with E-state index in [9.17, 15) is 9.59 Å². The maximum absolute atomic E-state index is 13.3. The zero-order chi connectivity index (χ0) is 23.1. The summed E-state index contributed by atoms with van der Waals surface area (Å²) in [5, 5.41) is 9.76. The van der Waals surface area contributed by atoms with Gasteiger partial charge in [0.25, 0.3) is 0 Å². The van der Waals surface area contributed by atoms with Crippen molar-refractivity contribution in [1.29, 1.82) is 0 Å². The summed E-state index contributed by atoms with van der Waals surface area (Å²) >= 11 is 1.41. The second-order valence-corrected chi connectivity index (χ2v) is 9.59. The Morgan fingerprint density at radius 3 is 2.65 bits per heavy atom. The Hall–Kier alpha value is -3.56. The van der Waals surface area contributed by atoms with Crippen LogP contribution in [0.3, 0.4) is 0 Å². The van der Waals surface area contributed by atoms with E-state index in [1.807, 2.05) is 60.7 Å². The molecule has 1 saturated heterocycles. The second kappa shape index (κ2) is 8.66. The molecular weight excluding hydrogens is 450 g/mol. The van der Waals surface area contributed by atoms with Crippen molar-refractivity contribution < 1.29 is 14.3 Å². The Kier molecular flexibility index (Phi) is 5.35. The minimum Gasteiger partial charge on any atom is -0.457 e. The number of carbonyl (C=O) groups is 2. The quantitative estimate of drug-likeness (QED) is 0.523. The van der Waals surface area contributed by atoms with E-state index >= 15 is 0 Å². The van der Waals surface area contributed by atoms with E-state index in [1.54, 1.807) is 11.1 Å². The van der Waals surface area contributed by atoms with Crippen molar-refractivity contribution in [3.05, 3.63) is 72.4 Å². The summed E-state index contributed by atoms with van der Waals surface area (Å²) in [6.07, 6.45) is 2.60. The fraction of sp³-hybridized carbons (Fsp3) is 0.240. The van der Waals surface area contributed by atoms with Crippen LogP contribution in [-0.4, -0.2) is 41.3 Å². The minimum atomic E-state index is -0.447. The highest BCUT2D eigenvalue weighted by molar-refractivity contribution is 8.01. The van der Waals surface area contributed by atoms with Crippen LogP contribution in [0.15, 0.2) is 71.9 Å². The van der Waals surface area contributed by atoms with Gasteiger partial charge < -0.3 is 20.7 Å². The topological polar surface area (TPSA) is 95.6 Å². The molecule has 9 heteroatoms. The van der Waals surface area contributed by atoms with Crippen LogP contribution in [-0.2, 0) is 4.79 Å². The molecule has 3 atom stereocenters. The maximum Gasteiger partial charge on any atom is 0.327 e. The van der Waals surface area contributed by atoms with Gasteiger partial charge in [0.1, 0.15) is 21.8 Å². The third kappa shape index (κ3) is 3.76. The lowest BCUT2D eigenvalue weighted by atomic mass is 9.99. The van der Waals surface area contributed by atoms with Crippen LogP contribution in [0.2, 0.25) is 0 Å². The SMILES string of the molecule is O=C(NC1CCNC1)[C@H]1Sc2nccc3c2C1NC(=O)N3c1ccc(Oc2ccccc2)cc1. The lowest BCUT2D eigenvalue weighted by Gasteiger charge is -2.34. The zero-order valence-corrected chi connectivity index (χ0v) is 19.0. The number of nitrogens with one attached hydrogen (secondary N) is 3. The van der Waals surface area contributed by atoms with Gasteiger partial charge in [-0.3, -0.25) is 9.69 Å². The summed E-state index contributed by atoms with van der Waals surface area (Å²) in [6.45, 7) is 1.67. The Labute approximate surface area is 201 Å². The summed E-state index contributed by atoms with van der Waals surface area (Å²) in [4.78, 5) is 32.4.